The summed E-state index contributed by atoms with van der Waals surface area (Å²) in [6.45, 7) is 16.7. The summed E-state index contributed by atoms with van der Waals surface area (Å²) in [4.78, 5) is 56.8. The van der Waals surface area contributed by atoms with E-state index in [-0.39, 0.29) is 47.7 Å². The van der Waals surface area contributed by atoms with Crippen LogP contribution >= 0.6 is 47.0 Å². The highest BCUT2D eigenvalue weighted by Gasteiger charge is 2.42. The quantitative estimate of drug-likeness (QED) is 0.0375. The maximum atomic E-state index is 14.0. The van der Waals surface area contributed by atoms with Crippen molar-refractivity contribution in [3.05, 3.63) is 19.6 Å². The van der Waals surface area contributed by atoms with E-state index in [1.165, 1.54) is 0 Å². The van der Waals surface area contributed by atoms with E-state index < -0.39 is 35.7 Å². The first-order valence-corrected chi connectivity index (χ1v) is 25.3. The van der Waals surface area contributed by atoms with Crippen molar-refractivity contribution in [2.75, 3.05) is 13.2 Å². The van der Waals surface area contributed by atoms with Gasteiger partial charge in [0, 0.05) is 0 Å². The van der Waals surface area contributed by atoms with Crippen LogP contribution in [0.1, 0.15) is 158 Å². The number of thioether (sulfide) groups is 4. The number of rotatable bonds is 26. The van der Waals surface area contributed by atoms with Gasteiger partial charge in [0.05, 0.1) is 53.1 Å². The van der Waals surface area contributed by atoms with E-state index in [2.05, 4.69) is 39.8 Å². The summed E-state index contributed by atoms with van der Waals surface area (Å²) in [7, 11) is 0. The smallest absolute Gasteiger partial charge is 0.350 e. The molecule has 0 bridgehead atoms. The van der Waals surface area contributed by atoms with E-state index in [0.717, 1.165) is 124 Å². The van der Waals surface area contributed by atoms with Crippen LogP contribution in [0.5, 0.6) is 11.5 Å². The molecule has 2 heterocycles. The average Bonchev–Trinajstić information content (AvgIpc) is 3.89. The number of fused-ring (bicyclic) bond motifs is 2. The molecule has 14 heteroatoms. The topological polar surface area (TPSA) is 153 Å². The van der Waals surface area contributed by atoms with Gasteiger partial charge in [-0.05, 0) is 50.4 Å². The van der Waals surface area contributed by atoms with Crippen LogP contribution in [0.25, 0.3) is 0 Å². The summed E-state index contributed by atoms with van der Waals surface area (Å²) in [5, 5.41) is 20.8. The molecule has 0 radical (unpaired) electrons. The van der Waals surface area contributed by atoms with E-state index in [1.807, 2.05) is 27.7 Å². The number of benzene rings is 1. The molecule has 2 aliphatic heterocycles. The van der Waals surface area contributed by atoms with Crippen LogP contribution in [-0.4, -0.2) is 37.1 Å². The van der Waals surface area contributed by atoms with Crippen LogP contribution in [0.15, 0.2) is 39.2 Å². The van der Waals surface area contributed by atoms with Crippen molar-refractivity contribution in [3.8, 4) is 23.6 Å². The highest BCUT2D eigenvalue weighted by Crippen LogP contribution is 2.68. The third-order valence-electron chi connectivity index (χ3n) is 10.9. The molecular formula is C46H64N2O8S4. The molecular weight excluding hydrogens is 837 g/mol. The summed E-state index contributed by atoms with van der Waals surface area (Å²) in [6, 6.07) is 4.12. The summed E-state index contributed by atoms with van der Waals surface area (Å²) in [5.74, 6) is -2.49. The lowest BCUT2D eigenvalue weighted by Crippen LogP contribution is -2.22. The van der Waals surface area contributed by atoms with Crippen LogP contribution in [-0.2, 0) is 28.7 Å². The van der Waals surface area contributed by atoms with Gasteiger partial charge in [-0.3, -0.25) is 9.59 Å². The molecule has 0 spiro atoms. The first-order valence-electron chi connectivity index (χ1n) is 22.0. The van der Waals surface area contributed by atoms with Gasteiger partial charge >= 0.3 is 23.9 Å². The largest absolute Gasteiger partial charge is 0.461 e. The van der Waals surface area contributed by atoms with Crippen LogP contribution in [0, 0.1) is 46.3 Å². The van der Waals surface area contributed by atoms with Gasteiger partial charge in [-0.15, -0.1) is 0 Å². The van der Waals surface area contributed by atoms with Gasteiger partial charge in [-0.1, -0.05) is 167 Å². The Hall–Kier alpha value is -3.04. The normalized spacial score (nSPS) is 14.8. The Bertz CT molecular complexity index is 1640. The first-order chi connectivity index (χ1) is 29.0. The summed E-state index contributed by atoms with van der Waals surface area (Å²) in [5.41, 5.74) is -0.380. The minimum atomic E-state index is -0.748. The van der Waals surface area contributed by atoms with Gasteiger partial charge in [-0.25, -0.2) is 9.59 Å². The van der Waals surface area contributed by atoms with Crippen molar-refractivity contribution < 1.29 is 38.1 Å². The Morgan fingerprint density at radius 3 is 1.08 bits per heavy atom. The van der Waals surface area contributed by atoms with Crippen LogP contribution in [0.2, 0.25) is 0 Å². The van der Waals surface area contributed by atoms with Crippen molar-refractivity contribution in [2.45, 2.75) is 178 Å². The molecule has 4 unspecified atom stereocenters. The Morgan fingerprint density at radius 2 is 0.817 bits per heavy atom. The van der Waals surface area contributed by atoms with Crippen molar-refractivity contribution in [3.63, 3.8) is 0 Å². The molecule has 0 fully saturated rings. The van der Waals surface area contributed by atoms with Crippen molar-refractivity contribution in [2.24, 2.45) is 23.7 Å². The van der Waals surface area contributed by atoms with Crippen molar-refractivity contribution in [1.82, 2.24) is 0 Å². The third kappa shape index (κ3) is 14.0. The number of hydrogen-bond donors (Lipinski definition) is 0. The highest BCUT2D eigenvalue weighted by molar-refractivity contribution is 8.26. The Labute approximate surface area is 375 Å². The highest BCUT2D eigenvalue weighted by atomic mass is 32.2. The minimum Gasteiger partial charge on any atom is -0.461 e. The standard InChI is InChI=1S/C46H64N2O8S4/c1-9-17-21-29(13-5)27-53-43(51)33(25-47)45-57-37-35(55-41(49)31(15-7)23-19-11-3)39-40(36(38(37)58-45)56-42(50)32(16-8)24-20-12-4)60-46(59-39)34(26-48)44(52)54-28-30(14-6)22-18-10-2/h29-32H,9-24,27-28H2,1-8H3. The van der Waals surface area contributed by atoms with Crippen LogP contribution < -0.4 is 9.47 Å². The summed E-state index contributed by atoms with van der Waals surface area (Å²) in [6.07, 6.45) is 13.4. The number of carbonyl (C=O) groups excluding carboxylic acids is 4. The van der Waals surface area contributed by atoms with E-state index >= 15 is 0 Å². The number of unbranched alkanes of at least 4 members (excludes halogenated alkanes) is 4. The van der Waals surface area contributed by atoms with Crippen molar-refractivity contribution >= 4 is 70.9 Å². The monoisotopic (exact) mass is 900 g/mol. The van der Waals surface area contributed by atoms with Gasteiger partial charge in [0.1, 0.15) is 12.1 Å². The fourth-order valence-corrected chi connectivity index (χ4v) is 12.0. The maximum absolute atomic E-state index is 14.0. The molecule has 0 amide bonds. The number of hydrogen-bond acceptors (Lipinski definition) is 14. The second-order valence-corrected chi connectivity index (χ2v) is 19.9. The third-order valence-corrected chi connectivity index (χ3v) is 16.1. The Balaban J connectivity index is 2.24. The SMILES string of the molecule is CCCCC(CC)COC(=O)C(C#N)=C1Sc2c(OC(=O)C(CC)CCCC)c3c(c(OC(=O)C(CC)CCCC)c2S1)SC(=C(C#N)C(=O)OCC(CC)CCCC)S3. The van der Waals surface area contributed by atoms with Gasteiger partial charge in [0.15, 0.2) is 22.6 Å². The van der Waals surface area contributed by atoms with E-state index in [0.29, 0.717) is 53.7 Å². The summed E-state index contributed by atoms with van der Waals surface area (Å²) < 4.78 is 24.8. The fraction of sp³-hybridized carbons (Fsp3) is 0.652. The lowest BCUT2D eigenvalue weighted by Gasteiger charge is -2.20. The zero-order valence-corrected chi connectivity index (χ0v) is 40.1. The van der Waals surface area contributed by atoms with Gasteiger partial charge < -0.3 is 18.9 Å². The molecule has 1 aromatic carbocycles. The van der Waals surface area contributed by atoms with Gasteiger partial charge in [-0.2, -0.15) is 10.5 Å². The molecule has 2 aliphatic rings. The maximum Gasteiger partial charge on any atom is 0.350 e. The number of ether oxygens (including phenoxy) is 4. The first kappa shape index (κ1) is 51.3. The molecule has 4 atom stereocenters. The minimum absolute atomic E-state index is 0.166. The van der Waals surface area contributed by atoms with Crippen molar-refractivity contribution in [1.29, 1.82) is 10.5 Å². The molecule has 330 valence electrons. The molecule has 0 N–H and O–H groups in total. The van der Waals surface area contributed by atoms with Gasteiger partial charge in [0.2, 0.25) is 0 Å². The average molecular weight is 901 g/mol. The zero-order valence-electron chi connectivity index (χ0n) is 36.8. The molecule has 10 nitrogen and oxygen atoms in total. The second kappa shape index (κ2) is 27.1. The second-order valence-electron chi connectivity index (χ2n) is 15.3. The molecule has 60 heavy (non-hydrogen) atoms. The number of carbonyl (C=O) groups is 4. The lowest BCUT2D eigenvalue weighted by atomic mass is 10.00. The molecule has 3 rings (SSSR count). The van der Waals surface area contributed by atoms with E-state index in [9.17, 15) is 29.7 Å². The number of esters is 4. The van der Waals surface area contributed by atoms with Crippen LogP contribution in [0.4, 0.5) is 0 Å². The molecule has 1 aromatic rings. The van der Waals surface area contributed by atoms with E-state index in [4.69, 9.17) is 18.9 Å². The molecule has 0 aromatic heterocycles. The number of nitrogens with zero attached hydrogens (tertiary/aromatic N) is 2. The van der Waals surface area contributed by atoms with E-state index in [1.54, 1.807) is 0 Å². The molecule has 0 aliphatic carbocycles. The Morgan fingerprint density at radius 1 is 0.500 bits per heavy atom. The molecule has 0 saturated carbocycles. The zero-order chi connectivity index (χ0) is 44.2. The predicted molar refractivity (Wildman–Crippen MR) is 242 cm³/mol. The van der Waals surface area contributed by atoms with Gasteiger partial charge in [0.25, 0.3) is 0 Å². The van der Waals surface area contributed by atoms with Crippen LogP contribution in [0.3, 0.4) is 0 Å². The summed E-state index contributed by atoms with van der Waals surface area (Å²) >= 11 is 4.36. The fourth-order valence-electron chi connectivity index (χ4n) is 6.71. The number of nitriles is 2. The predicted octanol–water partition coefficient (Wildman–Crippen LogP) is 13.3. The Kier molecular flexibility index (Phi) is 23.2. The lowest BCUT2D eigenvalue weighted by molar-refractivity contribution is -0.141. The molecule has 0 saturated heterocycles.